The van der Waals surface area contributed by atoms with Crippen LogP contribution >= 0.6 is 11.3 Å². The Hall–Kier alpha value is -3.38. The number of rotatable bonds is 5. The van der Waals surface area contributed by atoms with Crippen molar-refractivity contribution in [2.45, 2.75) is 0 Å². The van der Waals surface area contributed by atoms with Crippen molar-refractivity contribution in [1.29, 1.82) is 0 Å². The van der Waals surface area contributed by atoms with Gasteiger partial charge in [0.25, 0.3) is 0 Å². The molecule has 1 amide bonds. The highest BCUT2D eigenvalue weighted by molar-refractivity contribution is 7.21. The Bertz CT molecular complexity index is 1040. The number of hydrogen-bond donors (Lipinski definition) is 3. The van der Waals surface area contributed by atoms with Gasteiger partial charge in [0.1, 0.15) is 10.8 Å². The number of nitrogens with zero attached hydrogens (tertiary/aromatic N) is 1. The molecule has 0 saturated heterocycles. The summed E-state index contributed by atoms with van der Waals surface area (Å²) in [4.78, 5) is 16.7. The first-order chi connectivity index (χ1) is 13.2. The van der Waals surface area contributed by atoms with Crippen LogP contribution in [0.2, 0.25) is 0 Å². The number of thiazole rings is 1. The van der Waals surface area contributed by atoms with Crippen LogP contribution in [-0.4, -0.2) is 22.5 Å². The Balaban J connectivity index is 1.38. The smallest absolute Gasteiger partial charge is 0.243 e. The van der Waals surface area contributed by atoms with Crippen LogP contribution in [0.25, 0.3) is 20.8 Å². The summed E-state index contributed by atoms with van der Waals surface area (Å²) in [6.07, 6.45) is 0. The summed E-state index contributed by atoms with van der Waals surface area (Å²) < 4.78 is 1.16. The minimum atomic E-state index is -0.143. The van der Waals surface area contributed by atoms with Gasteiger partial charge in [-0.1, -0.05) is 12.1 Å². The van der Waals surface area contributed by atoms with E-state index >= 15 is 0 Å². The summed E-state index contributed by atoms with van der Waals surface area (Å²) in [5.41, 5.74) is 3.53. The van der Waals surface area contributed by atoms with Gasteiger partial charge >= 0.3 is 0 Å². The molecule has 4 aromatic rings. The standard InChI is InChI=1S/C21H17N3O2S/c25-17-11-9-15(10-12-17)22-13-20(26)23-16-7-5-14(6-8-16)21-24-18-3-1-2-4-19(18)27-21/h1-12,22,25H,13H2,(H,23,26). The van der Waals surface area contributed by atoms with Gasteiger partial charge in [-0.15, -0.1) is 11.3 Å². The Morgan fingerprint density at radius 3 is 2.37 bits per heavy atom. The van der Waals surface area contributed by atoms with Crippen LogP contribution in [0.3, 0.4) is 0 Å². The van der Waals surface area contributed by atoms with Crippen molar-refractivity contribution in [1.82, 2.24) is 4.98 Å². The molecular weight excluding hydrogens is 358 g/mol. The predicted octanol–water partition coefficient (Wildman–Crippen LogP) is 4.72. The minimum absolute atomic E-state index is 0.143. The third-order valence-corrected chi connectivity index (χ3v) is 5.12. The van der Waals surface area contributed by atoms with Crippen LogP contribution in [-0.2, 0) is 4.79 Å². The molecule has 3 N–H and O–H groups in total. The van der Waals surface area contributed by atoms with E-state index in [1.165, 1.54) is 0 Å². The lowest BCUT2D eigenvalue weighted by atomic mass is 10.2. The maximum atomic E-state index is 12.1. The molecule has 27 heavy (non-hydrogen) atoms. The maximum absolute atomic E-state index is 12.1. The molecule has 1 heterocycles. The number of para-hydroxylation sites is 1. The molecular formula is C21H17N3O2S. The second-order valence-corrected chi connectivity index (χ2v) is 7.04. The van der Waals surface area contributed by atoms with E-state index in [-0.39, 0.29) is 18.2 Å². The summed E-state index contributed by atoms with van der Waals surface area (Å²) in [5.74, 6) is 0.0500. The van der Waals surface area contributed by atoms with Gasteiger partial charge in [0.05, 0.1) is 16.8 Å². The molecule has 0 aliphatic carbocycles. The van der Waals surface area contributed by atoms with Crippen LogP contribution in [0.5, 0.6) is 5.75 Å². The summed E-state index contributed by atoms with van der Waals surface area (Å²) in [5, 5.41) is 16.1. The van der Waals surface area contributed by atoms with Crippen molar-refractivity contribution in [3.63, 3.8) is 0 Å². The van der Waals surface area contributed by atoms with E-state index in [0.717, 1.165) is 32.2 Å². The van der Waals surface area contributed by atoms with E-state index in [0.29, 0.717) is 0 Å². The number of carbonyl (C=O) groups excluding carboxylic acids is 1. The van der Waals surface area contributed by atoms with Crippen molar-refractivity contribution in [2.75, 3.05) is 17.2 Å². The van der Waals surface area contributed by atoms with E-state index < -0.39 is 0 Å². The lowest BCUT2D eigenvalue weighted by molar-refractivity contribution is -0.114. The van der Waals surface area contributed by atoms with Gasteiger partial charge in [0, 0.05) is 16.9 Å². The number of aromatic hydroxyl groups is 1. The first-order valence-corrected chi connectivity index (χ1v) is 9.28. The molecule has 0 aliphatic heterocycles. The third-order valence-electron chi connectivity index (χ3n) is 4.03. The fourth-order valence-corrected chi connectivity index (χ4v) is 3.63. The highest BCUT2D eigenvalue weighted by atomic mass is 32.1. The lowest BCUT2D eigenvalue weighted by Crippen LogP contribution is -2.21. The molecule has 0 atom stereocenters. The van der Waals surface area contributed by atoms with E-state index in [4.69, 9.17) is 0 Å². The molecule has 0 radical (unpaired) electrons. The second kappa shape index (κ2) is 7.47. The second-order valence-electron chi connectivity index (χ2n) is 6.01. The van der Waals surface area contributed by atoms with Gasteiger partial charge in [0.15, 0.2) is 0 Å². The molecule has 0 saturated carbocycles. The first kappa shape index (κ1) is 17.1. The maximum Gasteiger partial charge on any atom is 0.243 e. The van der Waals surface area contributed by atoms with Crippen LogP contribution < -0.4 is 10.6 Å². The zero-order valence-electron chi connectivity index (χ0n) is 14.3. The normalized spacial score (nSPS) is 10.7. The van der Waals surface area contributed by atoms with E-state index in [1.807, 2.05) is 42.5 Å². The van der Waals surface area contributed by atoms with Gasteiger partial charge in [-0.25, -0.2) is 4.98 Å². The summed E-state index contributed by atoms with van der Waals surface area (Å²) in [7, 11) is 0. The number of amides is 1. The first-order valence-electron chi connectivity index (χ1n) is 8.46. The highest BCUT2D eigenvalue weighted by Gasteiger charge is 2.07. The average molecular weight is 375 g/mol. The highest BCUT2D eigenvalue weighted by Crippen LogP contribution is 2.30. The summed E-state index contributed by atoms with van der Waals surface area (Å²) in [6.45, 7) is 0.143. The molecule has 0 spiro atoms. The van der Waals surface area contributed by atoms with Crippen molar-refractivity contribution < 1.29 is 9.90 Å². The van der Waals surface area contributed by atoms with Crippen molar-refractivity contribution in [3.8, 4) is 16.3 Å². The molecule has 0 unspecified atom stereocenters. The van der Waals surface area contributed by atoms with Gasteiger partial charge < -0.3 is 15.7 Å². The number of anilines is 2. The van der Waals surface area contributed by atoms with Gasteiger partial charge in [-0.2, -0.15) is 0 Å². The van der Waals surface area contributed by atoms with Crippen LogP contribution in [0, 0.1) is 0 Å². The number of phenolic OH excluding ortho intramolecular Hbond substituents is 1. The fourth-order valence-electron chi connectivity index (χ4n) is 2.66. The molecule has 0 bridgehead atoms. The monoisotopic (exact) mass is 375 g/mol. The van der Waals surface area contributed by atoms with Gasteiger partial charge in [-0.05, 0) is 60.7 Å². The Morgan fingerprint density at radius 2 is 1.63 bits per heavy atom. The summed E-state index contributed by atoms with van der Waals surface area (Å²) >= 11 is 1.65. The lowest BCUT2D eigenvalue weighted by Gasteiger charge is -2.08. The number of benzene rings is 3. The number of nitrogens with one attached hydrogen (secondary N) is 2. The van der Waals surface area contributed by atoms with Crippen LogP contribution in [0.1, 0.15) is 0 Å². The number of aromatic nitrogens is 1. The Morgan fingerprint density at radius 1 is 0.926 bits per heavy atom. The molecule has 6 heteroatoms. The molecule has 134 valence electrons. The number of fused-ring (bicyclic) bond motifs is 1. The Labute approximate surface area is 160 Å². The third kappa shape index (κ3) is 4.07. The molecule has 4 rings (SSSR count). The van der Waals surface area contributed by atoms with E-state index in [9.17, 15) is 9.90 Å². The number of hydrogen-bond acceptors (Lipinski definition) is 5. The molecule has 0 fully saturated rings. The minimum Gasteiger partial charge on any atom is -0.508 e. The largest absolute Gasteiger partial charge is 0.508 e. The van der Waals surface area contributed by atoms with Gasteiger partial charge in [0.2, 0.25) is 5.91 Å². The molecule has 5 nitrogen and oxygen atoms in total. The average Bonchev–Trinajstić information content (AvgIpc) is 3.12. The summed E-state index contributed by atoms with van der Waals surface area (Å²) in [6, 6.07) is 22.3. The van der Waals surface area contributed by atoms with Crippen molar-refractivity contribution >= 4 is 38.8 Å². The van der Waals surface area contributed by atoms with Crippen LogP contribution in [0.4, 0.5) is 11.4 Å². The van der Waals surface area contributed by atoms with Crippen molar-refractivity contribution in [2.24, 2.45) is 0 Å². The van der Waals surface area contributed by atoms with E-state index in [1.54, 1.807) is 35.6 Å². The van der Waals surface area contributed by atoms with Crippen LogP contribution in [0.15, 0.2) is 72.8 Å². The number of phenols is 1. The fraction of sp³-hybridized carbons (Fsp3) is 0.0476. The zero-order valence-corrected chi connectivity index (χ0v) is 15.2. The topological polar surface area (TPSA) is 74.2 Å². The quantitative estimate of drug-likeness (QED) is 0.441. The molecule has 1 aromatic heterocycles. The van der Waals surface area contributed by atoms with Gasteiger partial charge in [-0.3, -0.25) is 4.79 Å². The van der Waals surface area contributed by atoms with E-state index in [2.05, 4.69) is 21.7 Å². The zero-order chi connectivity index (χ0) is 18.6. The predicted molar refractivity (Wildman–Crippen MR) is 110 cm³/mol. The Kier molecular flexibility index (Phi) is 4.72. The number of carbonyl (C=O) groups is 1. The molecule has 0 aliphatic rings. The molecule has 3 aromatic carbocycles. The van der Waals surface area contributed by atoms with Crippen molar-refractivity contribution in [3.05, 3.63) is 72.8 Å². The SMILES string of the molecule is O=C(CNc1ccc(O)cc1)Nc1ccc(-c2nc3ccccc3s2)cc1.